The molecule has 0 saturated carbocycles. The lowest BCUT2D eigenvalue weighted by molar-refractivity contribution is -0.146. The summed E-state index contributed by atoms with van der Waals surface area (Å²) in [6.45, 7) is 11.1. The van der Waals surface area contributed by atoms with E-state index in [4.69, 9.17) is 4.74 Å². The number of methoxy groups -OCH3 is 1. The highest BCUT2D eigenvalue weighted by atomic mass is 16.5. The van der Waals surface area contributed by atoms with Crippen molar-refractivity contribution in [3.8, 4) is 0 Å². The minimum Gasteiger partial charge on any atom is -0.469 e. The summed E-state index contributed by atoms with van der Waals surface area (Å²) >= 11 is 0. The molecule has 0 aliphatic carbocycles. The predicted octanol–water partition coefficient (Wildman–Crippen LogP) is 2.87. The summed E-state index contributed by atoms with van der Waals surface area (Å²) in [5.74, 6) is -0.439. The van der Waals surface area contributed by atoms with E-state index in [0.29, 0.717) is 12.8 Å². The third kappa shape index (κ3) is 6.40. The Bertz CT molecular complexity index is 318. The largest absolute Gasteiger partial charge is 0.469 e. The van der Waals surface area contributed by atoms with E-state index >= 15 is 0 Å². The average Bonchev–Trinajstić information content (AvgIpc) is 2.36. The molecule has 0 heterocycles. The van der Waals surface area contributed by atoms with Gasteiger partial charge in [-0.3, -0.25) is 4.79 Å². The van der Waals surface area contributed by atoms with Crippen LogP contribution < -0.4 is 0 Å². The second-order valence-corrected chi connectivity index (χ2v) is 4.56. The summed E-state index contributed by atoms with van der Waals surface area (Å²) in [7, 11) is 1.39. The smallest absolute Gasteiger partial charge is 0.308 e. The Morgan fingerprint density at radius 2 is 2.06 bits per heavy atom. The van der Waals surface area contributed by atoms with Crippen molar-refractivity contribution in [1.29, 1.82) is 0 Å². The van der Waals surface area contributed by atoms with Crippen LogP contribution in [0.3, 0.4) is 0 Å². The number of aliphatic hydroxyl groups is 1. The van der Waals surface area contributed by atoms with Gasteiger partial charge in [-0.05, 0) is 25.7 Å². The Morgan fingerprint density at radius 3 is 2.50 bits per heavy atom. The summed E-state index contributed by atoms with van der Waals surface area (Å²) in [6, 6.07) is 0. The molecule has 3 atom stereocenters. The van der Waals surface area contributed by atoms with Gasteiger partial charge < -0.3 is 9.84 Å². The number of carbonyl (C=O) groups is 1. The zero-order valence-corrected chi connectivity index (χ0v) is 11.6. The highest BCUT2D eigenvalue weighted by molar-refractivity contribution is 5.72. The first kappa shape index (κ1) is 16.6. The van der Waals surface area contributed by atoms with Crippen LogP contribution in [0.25, 0.3) is 0 Å². The lowest BCUT2D eigenvalue weighted by Crippen LogP contribution is -2.22. The maximum absolute atomic E-state index is 11.6. The van der Waals surface area contributed by atoms with Gasteiger partial charge in [0.1, 0.15) is 0 Å². The normalized spacial score (nSPS) is 16.0. The molecule has 18 heavy (non-hydrogen) atoms. The van der Waals surface area contributed by atoms with Crippen molar-refractivity contribution in [2.75, 3.05) is 7.11 Å². The van der Waals surface area contributed by atoms with Crippen molar-refractivity contribution < 1.29 is 14.6 Å². The molecule has 1 N–H and O–H groups in total. The minimum absolute atomic E-state index is 0.0312. The fourth-order valence-electron chi connectivity index (χ4n) is 1.64. The van der Waals surface area contributed by atoms with Crippen LogP contribution in [0.2, 0.25) is 0 Å². The van der Waals surface area contributed by atoms with Crippen molar-refractivity contribution in [3.63, 3.8) is 0 Å². The van der Waals surface area contributed by atoms with Gasteiger partial charge in [0, 0.05) is 0 Å². The van der Waals surface area contributed by atoms with Gasteiger partial charge in [0.2, 0.25) is 0 Å². The van der Waals surface area contributed by atoms with E-state index in [2.05, 4.69) is 13.2 Å². The third-order valence-electron chi connectivity index (χ3n) is 2.91. The van der Waals surface area contributed by atoms with Gasteiger partial charge in [-0.1, -0.05) is 37.3 Å². The number of hydrogen-bond acceptors (Lipinski definition) is 3. The minimum atomic E-state index is -0.532. The molecule has 0 aliphatic rings. The molecule has 102 valence electrons. The molecule has 0 rings (SSSR count). The third-order valence-corrected chi connectivity index (χ3v) is 2.91. The number of allylic oxidation sites excluding steroid dienone is 3. The Balaban J connectivity index is 4.65. The Labute approximate surface area is 110 Å². The molecule has 3 nitrogen and oxygen atoms in total. The SMILES string of the molecule is C=CC(O)CC[C@H](/C=C/C(=C)C)[C@H](C)C(=O)OC. The fraction of sp³-hybridized carbons (Fsp3) is 0.533. The lowest BCUT2D eigenvalue weighted by atomic mass is 9.88. The highest BCUT2D eigenvalue weighted by Crippen LogP contribution is 2.22. The standard InChI is InChI=1S/C15H24O3/c1-6-14(16)10-9-13(8-7-11(2)3)12(4)15(17)18-5/h6-8,12-14,16H,1-2,9-10H2,3-5H3/b8-7+/t12-,13-,14?/m0/s1. The van der Waals surface area contributed by atoms with Gasteiger partial charge in [-0.2, -0.15) is 0 Å². The predicted molar refractivity (Wildman–Crippen MR) is 74.1 cm³/mol. The molecule has 0 radical (unpaired) electrons. The molecule has 1 unspecified atom stereocenters. The van der Waals surface area contributed by atoms with E-state index < -0.39 is 6.10 Å². The van der Waals surface area contributed by atoms with Crippen LogP contribution >= 0.6 is 0 Å². The number of hydrogen-bond donors (Lipinski definition) is 1. The van der Waals surface area contributed by atoms with Gasteiger partial charge in [-0.25, -0.2) is 0 Å². The number of rotatable bonds is 8. The molecule has 3 heteroatoms. The Kier molecular flexibility index (Phi) is 8.05. The van der Waals surface area contributed by atoms with Crippen LogP contribution in [0, 0.1) is 11.8 Å². The maximum atomic E-state index is 11.6. The van der Waals surface area contributed by atoms with E-state index in [0.717, 1.165) is 5.57 Å². The molecule has 0 aliphatic heterocycles. The lowest BCUT2D eigenvalue weighted by Gasteiger charge is -2.19. The molecule has 0 saturated heterocycles. The second-order valence-electron chi connectivity index (χ2n) is 4.56. The molecule has 0 fully saturated rings. The molecule has 0 spiro atoms. The van der Waals surface area contributed by atoms with Crippen molar-refractivity contribution >= 4 is 5.97 Å². The molecular weight excluding hydrogens is 228 g/mol. The number of carbonyl (C=O) groups excluding carboxylic acids is 1. The van der Waals surface area contributed by atoms with Crippen LogP contribution in [-0.4, -0.2) is 24.3 Å². The summed E-state index contributed by atoms with van der Waals surface area (Å²) < 4.78 is 4.76. The summed E-state index contributed by atoms with van der Waals surface area (Å²) in [5.41, 5.74) is 0.932. The number of aliphatic hydroxyl groups excluding tert-OH is 1. The van der Waals surface area contributed by atoms with Crippen LogP contribution in [0.15, 0.2) is 37.0 Å². The maximum Gasteiger partial charge on any atom is 0.308 e. The molecule has 0 bridgehead atoms. The molecule has 0 amide bonds. The zero-order chi connectivity index (χ0) is 14.1. The van der Waals surface area contributed by atoms with Crippen molar-refractivity contribution in [1.82, 2.24) is 0 Å². The Morgan fingerprint density at radius 1 is 1.44 bits per heavy atom. The van der Waals surface area contributed by atoms with Crippen LogP contribution in [0.5, 0.6) is 0 Å². The highest BCUT2D eigenvalue weighted by Gasteiger charge is 2.22. The van der Waals surface area contributed by atoms with Crippen molar-refractivity contribution in [2.45, 2.75) is 32.8 Å². The average molecular weight is 252 g/mol. The van der Waals surface area contributed by atoms with Gasteiger partial charge in [0.25, 0.3) is 0 Å². The quantitative estimate of drug-likeness (QED) is 0.410. The summed E-state index contributed by atoms with van der Waals surface area (Å²) in [5, 5.41) is 9.49. The van der Waals surface area contributed by atoms with Crippen LogP contribution in [0.4, 0.5) is 0 Å². The first-order valence-corrected chi connectivity index (χ1v) is 6.14. The first-order valence-electron chi connectivity index (χ1n) is 6.14. The monoisotopic (exact) mass is 252 g/mol. The summed E-state index contributed by atoms with van der Waals surface area (Å²) in [4.78, 5) is 11.6. The second kappa shape index (κ2) is 8.70. The first-order chi connectivity index (χ1) is 8.42. The van der Waals surface area contributed by atoms with E-state index in [-0.39, 0.29) is 17.8 Å². The van der Waals surface area contributed by atoms with E-state index in [1.165, 1.54) is 13.2 Å². The molecule has 0 aromatic heterocycles. The van der Waals surface area contributed by atoms with Crippen molar-refractivity contribution in [2.24, 2.45) is 11.8 Å². The molecular formula is C15H24O3. The van der Waals surface area contributed by atoms with E-state index in [9.17, 15) is 9.90 Å². The number of esters is 1. The van der Waals surface area contributed by atoms with Gasteiger partial charge in [0.15, 0.2) is 0 Å². The van der Waals surface area contributed by atoms with Gasteiger partial charge in [0.05, 0.1) is 19.1 Å². The number of ether oxygens (including phenoxy) is 1. The van der Waals surface area contributed by atoms with E-state index in [1.54, 1.807) is 0 Å². The van der Waals surface area contributed by atoms with Gasteiger partial charge >= 0.3 is 5.97 Å². The van der Waals surface area contributed by atoms with Crippen LogP contribution in [0.1, 0.15) is 26.7 Å². The zero-order valence-electron chi connectivity index (χ0n) is 11.6. The van der Waals surface area contributed by atoms with E-state index in [1.807, 2.05) is 26.0 Å². The fourth-order valence-corrected chi connectivity index (χ4v) is 1.64. The van der Waals surface area contributed by atoms with Crippen molar-refractivity contribution in [3.05, 3.63) is 37.0 Å². The summed E-state index contributed by atoms with van der Waals surface area (Å²) in [6.07, 6.45) is 6.10. The molecule has 0 aromatic rings. The van der Waals surface area contributed by atoms with Gasteiger partial charge in [-0.15, -0.1) is 6.58 Å². The van der Waals surface area contributed by atoms with Crippen LogP contribution in [-0.2, 0) is 9.53 Å². The molecule has 0 aromatic carbocycles. The topological polar surface area (TPSA) is 46.5 Å². The Hall–Kier alpha value is -1.35.